The number of nitrogens with one attached hydrogen (secondary N) is 1. The summed E-state index contributed by atoms with van der Waals surface area (Å²) in [4.78, 5) is 17.3. The third-order valence-corrected chi connectivity index (χ3v) is 7.42. The minimum Gasteiger partial charge on any atom is -0.497 e. The minimum atomic E-state index is -0.112. The minimum absolute atomic E-state index is 0.112. The summed E-state index contributed by atoms with van der Waals surface area (Å²) in [5.41, 5.74) is 2.14. The van der Waals surface area contributed by atoms with Crippen LogP contribution in [0.3, 0.4) is 0 Å². The molecule has 1 amide bonds. The number of hydrogen-bond donors (Lipinski definition) is 1. The molecule has 4 aliphatic carbocycles. The second kappa shape index (κ2) is 6.08. The molecule has 0 aliphatic heterocycles. The Morgan fingerprint density at radius 3 is 2.31 bits per heavy atom. The van der Waals surface area contributed by atoms with Gasteiger partial charge in [0.1, 0.15) is 5.75 Å². The van der Waals surface area contributed by atoms with Crippen molar-refractivity contribution in [3.8, 4) is 5.75 Å². The molecule has 1 heterocycles. The highest BCUT2D eigenvalue weighted by Gasteiger charge is 2.52. The molecular weight excluding hydrogens is 344 g/mol. The van der Waals surface area contributed by atoms with E-state index >= 15 is 0 Å². The van der Waals surface area contributed by atoms with E-state index in [1.165, 1.54) is 44.2 Å². The quantitative estimate of drug-likeness (QED) is 0.837. The summed E-state index contributed by atoms with van der Waals surface area (Å²) < 4.78 is 5.15. The Labute approximate surface area is 158 Å². The van der Waals surface area contributed by atoms with Crippen LogP contribution in [0.25, 0.3) is 0 Å². The molecule has 5 heteroatoms. The fourth-order valence-electron chi connectivity index (χ4n) is 5.91. The first-order valence-corrected chi connectivity index (χ1v) is 10.4. The second-order valence-electron chi connectivity index (χ2n) is 8.42. The molecule has 1 aromatic carbocycles. The average Bonchev–Trinajstić information content (AvgIpc) is 3.10. The number of ether oxygens (including phenoxy) is 1. The van der Waals surface area contributed by atoms with Gasteiger partial charge in [-0.1, -0.05) is 0 Å². The molecule has 4 saturated carbocycles. The summed E-state index contributed by atoms with van der Waals surface area (Å²) in [5.74, 6) is 3.35. The van der Waals surface area contributed by atoms with Gasteiger partial charge >= 0.3 is 0 Å². The lowest BCUT2D eigenvalue weighted by Crippen LogP contribution is -2.48. The molecule has 6 rings (SSSR count). The third kappa shape index (κ3) is 2.73. The van der Waals surface area contributed by atoms with Crippen LogP contribution in [-0.2, 0) is 5.41 Å². The van der Waals surface area contributed by atoms with Crippen molar-refractivity contribution < 1.29 is 9.53 Å². The number of rotatable bonds is 4. The van der Waals surface area contributed by atoms with Crippen LogP contribution in [0, 0.1) is 17.8 Å². The zero-order valence-corrected chi connectivity index (χ0v) is 15.8. The van der Waals surface area contributed by atoms with Crippen LogP contribution in [0.2, 0.25) is 0 Å². The number of hydrogen-bond acceptors (Lipinski definition) is 4. The number of methoxy groups -OCH3 is 1. The Morgan fingerprint density at radius 2 is 1.73 bits per heavy atom. The van der Waals surface area contributed by atoms with Crippen molar-refractivity contribution in [3.05, 3.63) is 40.9 Å². The summed E-state index contributed by atoms with van der Waals surface area (Å²) in [6, 6.07) is 7.17. The van der Waals surface area contributed by atoms with E-state index in [1.807, 2.05) is 0 Å². The van der Waals surface area contributed by atoms with Crippen LogP contribution in [0.1, 0.15) is 54.6 Å². The number of anilines is 1. The molecule has 0 spiro atoms. The van der Waals surface area contributed by atoms with E-state index in [9.17, 15) is 4.79 Å². The summed E-state index contributed by atoms with van der Waals surface area (Å²) in [5, 5.41) is 5.89. The molecule has 1 aromatic heterocycles. The number of thiazole rings is 1. The van der Waals surface area contributed by atoms with E-state index in [0.717, 1.165) is 28.6 Å². The van der Waals surface area contributed by atoms with Gasteiger partial charge in [-0.2, -0.15) is 0 Å². The molecule has 4 aliphatic rings. The first-order valence-electron chi connectivity index (χ1n) is 9.55. The van der Waals surface area contributed by atoms with Gasteiger partial charge in [-0.25, -0.2) is 4.98 Å². The van der Waals surface area contributed by atoms with Crippen LogP contribution >= 0.6 is 11.3 Å². The number of benzene rings is 1. The number of nitrogens with zero attached hydrogens (tertiary/aromatic N) is 1. The van der Waals surface area contributed by atoms with Gasteiger partial charge in [0.05, 0.1) is 12.8 Å². The normalized spacial score (nSPS) is 31.8. The van der Waals surface area contributed by atoms with Crippen molar-refractivity contribution in [2.24, 2.45) is 17.8 Å². The molecule has 1 N–H and O–H groups in total. The zero-order valence-electron chi connectivity index (χ0n) is 15.0. The molecule has 0 atom stereocenters. The van der Waals surface area contributed by atoms with E-state index < -0.39 is 0 Å². The molecule has 4 bridgehead atoms. The predicted molar refractivity (Wildman–Crippen MR) is 103 cm³/mol. The van der Waals surface area contributed by atoms with E-state index in [0.29, 0.717) is 5.56 Å². The van der Waals surface area contributed by atoms with Gasteiger partial charge in [-0.05, 0) is 80.5 Å². The van der Waals surface area contributed by atoms with Crippen LogP contribution in [0.5, 0.6) is 5.75 Å². The first-order chi connectivity index (χ1) is 12.6. The van der Waals surface area contributed by atoms with Gasteiger partial charge in [0.15, 0.2) is 5.13 Å². The number of carbonyl (C=O) groups is 1. The summed E-state index contributed by atoms with van der Waals surface area (Å²) in [6.07, 6.45) is 8.21. The summed E-state index contributed by atoms with van der Waals surface area (Å²) >= 11 is 1.56. The van der Waals surface area contributed by atoms with Gasteiger partial charge < -0.3 is 4.74 Å². The lowest BCUT2D eigenvalue weighted by atomic mass is 9.49. The van der Waals surface area contributed by atoms with Gasteiger partial charge in [-0.15, -0.1) is 11.3 Å². The molecule has 136 valence electrons. The van der Waals surface area contributed by atoms with Crippen LogP contribution in [0.15, 0.2) is 29.6 Å². The largest absolute Gasteiger partial charge is 0.497 e. The van der Waals surface area contributed by atoms with E-state index in [-0.39, 0.29) is 11.3 Å². The predicted octanol–water partition coefficient (Wildman–Crippen LogP) is 4.87. The van der Waals surface area contributed by atoms with Crippen LogP contribution in [0.4, 0.5) is 5.13 Å². The Balaban J connectivity index is 1.33. The monoisotopic (exact) mass is 368 g/mol. The molecule has 0 radical (unpaired) electrons. The first kappa shape index (κ1) is 16.3. The number of amides is 1. The average molecular weight is 369 g/mol. The van der Waals surface area contributed by atoms with Crippen molar-refractivity contribution >= 4 is 22.4 Å². The Kier molecular flexibility index (Phi) is 3.82. The van der Waals surface area contributed by atoms with E-state index in [2.05, 4.69) is 10.7 Å². The second-order valence-corrected chi connectivity index (χ2v) is 9.28. The number of carbonyl (C=O) groups excluding carboxylic acids is 1. The summed E-state index contributed by atoms with van der Waals surface area (Å²) in [7, 11) is 1.62. The van der Waals surface area contributed by atoms with Gasteiger partial charge in [-0.3, -0.25) is 10.1 Å². The molecule has 0 saturated heterocycles. The topological polar surface area (TPSA) is 51.2 Å². The van der Waals surface area contributed by atoms with Crippen molar-refractivity contribution in [1.82, 2.24) is 4.98 Å². The highest BCUT2D eigenvalue weighted by atomic mass is 32.1. The maximum Gasteiger partial charge on any atom is 0.257 e. The van der Waals surface area contributed by atoms with Crippen LogP contribution < -0.4 is 10.1 Å². The highest BCUT2D eigenvalue weighted by molar-refractivity contribution is 7.14. The van der Waals surface area contributed by atoms with E-state index in [1.54, 1.807) is 42.7 Å². The third-order valence-electron chi connectivity index (χ3n) is 6.66. The van der Waals surface area contributed by atoms with Crippen molar-refractivity contribution in [2.75, 3.05) is 12.4 Å². The van der Waals surface area contributed by atoms with Crippen molar-refractivity contribution in [2.45, 2.75) is 43.9 Å². The number of aromatic nitrogens is 1. The zero-order chi connectivity index (χ0) is 17.7. The SMILES string of the molecule is COc1ccc(C(=O)Nc2nc(C34CC5CC(CC(C5)C3)C4)cs2)cc1. The maximum absolute atomic E-state index is 12.5. The van der Waals surface area contributed by atoms with Gasteiger partial charge in [0.25, 0.3) is 5.91 Å². The summed E-state index contributed by atoms with van der Waals surface area (Å²) in [6.45, 7) is 0. The van der Waals surface area contributed by atoms with E-state index in [4.69, 9.17) is 9.72 Å². The lowest BCUT2D eigenvalue weighted by Gasteiger charge is -2.56. The van der Waals surface area contributed by atoms with Crippen molar-refractivity contribution in [1.29, 1.82) is 0 Å². The van der Waals surface area contributed by atoms with Crippen molar-refractivity contribution in [3.63, 3.8) is 0 Å². The molecule has 0 unspecified atom stereocenters. The maximum atomic E-state index is 12.5. The van der Waals surface area contributed by atoms with Crippen LogP contribution in [-0.4, -0.2) is 18.0 Å². The Hall–Kier alpha value is -1.88. The Bertz CT molecular complexity index is 792. The molecular formula is C21H24N2O2S. The molecule has 2 aromatic rings. The molecule has 4 nitrogen and oxygen atoms in total. The molecule has 26 heavy (non-hydrogen) atoms. The van der Waals surface area contributed by atoms with Gasteiger partial charge in [0.2, 0.25) is 0 Å². The standard InChI is InChI=1S/C21H24N2O2S/c1-25-17-4-2-16(3-5-17)19(24)23-20-22-18(12-26-20)21-9-13-6-14(10-21)8-15(7-13)11-21/h2-5,12-15H,6-11H2,1H3,(H,22,23,24). The Morgan fingerprint density at radius 1 is 1.12 bits per heavy atom. The smallest absolute Gasteiger partial charge is 0.257 e. The molecule has 4 fully saturated rings. The fourth-order valence-corrected chi connectivity index (χ4v) is 6.74. The fraction of sp³-hybridized carbons (Fsp3) is 0.524. The van der Waals surface area contributed by atoms with Gasteiger partial charge in [0, 0.05) is 16.4 Å². The lowest BCUT2D eigenvalue weighted by molar-refractivity contribution is -0.00688. The highest BCUT2D eigenvalue weighted by Crippen LogP contribution is 2.60.